The van der Waals surface area contributed by atoms with Gasteiger partial charge in [0.15, 0.2) is 0 Å². The Kier molecular flexibility index (Phi) is 4.35. The van der Waals surface area contributed by atoms with Gasteiger partial charge in [-0.2, -0.15) is 5.26 Å². The molecule has 4 nitrogen and oxygen atoms in total. The Hall–Kier alpha value is -1.84. The van der Waals surface area contributed by atoms with Crippen molar-refractivity contribution in [3.8, 4) is 6.07 Å². The van der Waals surface area contributed by atoms with E-state index < -0.39 is 10.0 Å². The number of benzene rings is 2. The average Bonchev–Trinajstić information content (AvgIpc) is 2.37. The van der Waals surface area contributed by atoms with E-state index in [0.29, 0.717) is 16.8 Å². The van der Waals surface area contributed by atoms with Crippen molar-refractivity contribution in [1.82, 2.24) is 0 Å². The van der Waals surface area contributed by atoms with Crippen LogP contribution in [0.4, 0.5) is 5.69 Å². The molecule has 0 atom stereocenters. The minimum Gasteiger partial charge on any atom is -0.280 e. The molecule has 2 rings (SSSR count). The molecule has 0 spiro atoms. The summed E-state index contributed by atoms with van der Waals surface area (Å²) in [4.78, 5) is 0.110. The summed E-state index contributed by atoms with van der Waals surface area (Å²) in [6.07, 6.45) is 0. The van der Waals surface area contributed by atoms with Gasteiger partial charge in [-0.25, -0.2) is 8.42 Å². The summed E-state index contributed by atoms with van der Waals surface area (Å²) in [6, 6.07) is 11.9. The highest BCUT2D eigenvalue weighted by Crippen LogP contribution is 2.24. The van der Waals surface area contributed by atoms with Crippen molar-refractivity contribution in [2.75, 3.05) is 4.72 Å². The van der Waals surface area contributed by atoms with Gasteiger partial charge in [0.25, 0.3) is 10.0 Å². The Bertz CT molecular complexity index is 819. The number of nitriles is 1. The van der Waals surface area contributed by atoms with Crippen LogP contribution in [-0.4, -0.2) is 8.42 Å². The van der Waals surface area contributed by atoms with Crippen LogP contribution in [-0.2, 0) is 10.0 Å². The highest BCUT2D eigenvalue weighted by Gasteiger charge is 2.18. The molecule has 21 heavy (non-hydrogen) atoms. The first-order valence-electron chi connectivity index (χ1n) is 6.12. The first-order valence-corrected chi connectivity index (χ1v) is 8.40. The average molecular weight is 365 g/mol. The minimum absolute atomic E-state index is 0.110. The summed E-state index contributed by atoms with van der Waals surface area (Å²) in [5.41, 5.74) is 2.31. The molecule has 0 fully saturated rings. The summed E-state index contributed by atoms with van der Waals surface area (Å²) >= 11 is 3.34. The summed E-state index contributed by atoms with van der Waals surface area (Å²) < 4.78 is 28.3. The molecule has 0 aliphatic carbocycles. The van der Waals surface area contributed by atoms with Crippen molar-refractivity contribution in [2.24, 2.45) is 0 Å². The third-order valence-electron chi connectivity index (χ3n) is 2.90. The monoisotopic (exact) mass is 364 g/mol. The van der Waals surface area contributed by atoms with Crippen molar-refractivity contribution >= 4 is 31.6 Å². The van der Waals surface area contributed by atoms with Crippen molar-refractivity contribution in [3.05, 3.63) is 57.6 Å². The molecule has 0 heterocycles. The molecular weight excluding hydrogens is 352 g/mol. The van der Waals surface area contributed by atoms with Crippen molar-refractivity contribution in [2.45, 2.75) is 18.7 Å². The Morgan fingerprint density at radius 1 is 1.14 bits per heavy atom. The zero-order valence-corrected chi connectivity index (χ0v) is 13.9. The Labute approximate surface area is 132 Å². The van der Waals surface area contributed by atoms with Crippen LogP contribution in [0.2, 0.25) is 0 Å². The summed E-state index contributed by atoms with van der Waals surface area (Å²) in [5, 5.41) is 8.91. The number of aryl methyl sites for hydroxylation is 2. The molecule has 108 valence electrons. The predicted molar refractivity (Wildman–Crippen MR) is 85.6 cm³/mol. The van der Waals surface area contributed by atoms with E-state index in [1.54, 1.807) is 31.2 Å². The van der Waals surface area contributed by atoms with E-state index in [1.165, 1.54) is 6.07 Å². The first kappa shape index (κ1) is 15.5. The molecule has 0 saturated heterocycles. The maximum Gasteiger partial charge on any atom is 0.262 e. The lowest BCUT2D eigenvalue weighted by Gasteiger charge is -2.11. The van der Waals surface area contributed by atoms with Crippen LogP contribution < -0.4 is 4.72 Å². The number of hydrogen-bond donors (Lipinski definition) is 1. The number of nitrogens with one attached hydrogen (secondary N) is 1. The van der Waals surface area contributed by atoms with Gasteiger partial charge < -0.3 is 0 Å². The fourth-order valence-corrected chi connectivity index (χ4v) is 3.88. The lowest BCUT2D eigenvalue weighted by atomic mass is 10.2. The molecule has 6 heteroatoms. The lowest BCUT2D eigenvalue weighted by molar-refractivity contribution is 0.600. The molecule has 2 aromatic carbocycles. The van der Waals surface area contributed by atoms with Gasteiger partial charge in [0.1, 0.15) is 0 Å². The number of halogens is 1. The van der Waals surface area contributed by atoms with Crippen LogP contribution in [0.5, 0.6) is 0 Å². The molecule has 0 amide bonds. The van der Waals surface area contributed by atoms with E-state index in [4.69, 9.17) is 5.26 Å². The SMILES string of the molecule is Cc1cc(Br)cc(NS(=O)(=O)c2cc(C#N)ccc2C)c1. The number of nitrogens with zero attached hydrogens (tertiary/aromatic N) is 1. The molecule has 0 saturated carbocycles. The second kappa shape index (κ2) is 5.88. The highest BCUT2D eigenvalue weighted by molar-refractivity contribution is 9.10. The molecular formula is C15H13BrN2O2S. The van der Waals surface area contributed by atoms with Crippen molar-refractivity contribution in [3.63, 3.8) is 0 Å². The molecule has 0 aliphatic heterocycles. The molecule has 0 aliphatic rings. The van der Waals surface area contributed by atoms with E-state index in [-0.39, 0.29) is 4.90 Å². The fourth-order valence-electron chi connectivity index (χ4n) is 1.96. The zero-order valence-electron chi connectivity index (χ0n) is 11.5. The van der Waals surface area contributed by atoms with Gasteiger partial charge in [-0.3, -0.25) is 4.72 Å². The number of hydrogen-bond acceptors (Lipinski definition) is 3. The van der Waals surface area contributed by atoms with Gasteiger partial charge in [-0.1, -0.05) is 22.0 Å². The number of rotatable bonds is 3. The molecule has 1 N–H and O–H groups in total. The third kappa shape index (κ3) is 3.63. The van der Waals surface area contributed by atoms with Crippen molar-refractivity contribution in [1.29, 1.82) is 5.26 Å². The van der Waals surface area contributed by atoms with Gasteiger partial charge in [0.05, 0.1) is 22.2 Å². The third-order valence-corrected chi connectivity index (χ3v) is 4.88. The van der Waals surface area contributed by atoms with Crippen LogP contribution in [0.15, 0.2) is 45.8 Å². The van der Waals surface area contributed by atoms with Gasteiger partial charge in [0, 0.05) is 4.47 Å². The molecule has 2 aromatic rings. The van der Waals surface area contributed by atoms with Gasteiger partial charge in [-0.15, -0.1) is 0 Å². The van der Waals surface area contributed by atoms with Crippen LogP contribution >= 0.6 is 15.9 Å². The predicted octanol–water partition coefficient (Wildman–Crippen LogP) is 3.74. The summed E-state index contributed by atoms with van der Waals surface area (Å²) in [7, 11) is -3.73. The molecule has 0 bridgehead atoms. The lowest BCUT2D eigenvalue weighted by Crippen LogP contribution is -2.14. The Morgan fingerprint density at radius 2 is 1.86 bits per heavy atom. The van der Waals surface area contributed by atoms with E-state index in [9.17, 15) is 8.42 Å². The van der Waals surface area contributed by atoms with E-state index in [0.717, 1.165) is 10.0 Å². The summed E-state index contributed by atoms with van der Waals surface area (Å²) in [6.45, 7) is 3.58. The van der Waals surface area contributed by atoms with Crippen LogP contribution in [0.3, 0.4) is 0 Å². The first-order chi connectivity index (χ1) is 9.81. The Morgan fingerprint density at radius 3 is 2.48 bits per heavy atom. The zero-order chi connectivity index (χ0) is 15.6. The Balaban J connectivity index is 2.45. The number of anilines is 1. The fraction of sp³-hybridized carbons (Fsp3) is 0.133. The minimum atomic E-state index is -3.73. The maximum absolute atomic E-state index is 12.5. The topological polar surface area (TPSA) is 70.0 Å². The highest BCUT2D eigenvalue weighted by atomic mass is 79.9. The molecule has 0 radical (unpaired) electrons. The van der Waals surface area contributed by atoms with Crippen LogP contribution in [0.1, 0.15) is 16.7 Å². The van der Waals surface area contributed by atoms with E-state index >= 15 is 0 Å². The molecule has 0 unspecified atom stereocenters. The van der Waals surface area contributed by atoms with Crippen LogP contribution in [0, 0.1) is 25.2 Å². The van der Waals surface area contributed by atoms with Crippen LogP contribution in [0.25, 0.3) is 0 Å². The van der Waals surface area contributed by atoms with Gasteiger partial charge in [0.2, 0.25) is 0 Å². The molecule has 0 aromatic heterocycles. The van der Waals surface area contributed by atoms with E-state index in [1.807, 2.05) is 19.1 Å². The number of sulfonamides is 1. The second-order valence-corrected chi connectivity index (χ2v) is 7.28. The van der Waals surface area contributed by atoms with Gasteiger partial charge in [-0.05, 0) is 55.3 Å². The van der Waals surface area contributed by atoms with Gasteiger partial charge >= 0.3 is 0 Å². The normalized spacial score (nSPS) is 11.0. The maximum atomic E-state index is 12.5. The quantitative estimate of drug-likeness (QED) is 0.901. The summed E-state index contributed by atoms with van der Waals surface area (Å²) in [5.74, 6) is 0. The standard InChI is InChI=1S/C15H13BrN2O2S/c1-10-5-13(16)8-14(6-10)18-21(19,20)15-7-12(9-17)4-3-11(15)2/h3-8,18H,1-2H3. The second-order valence-electron chi connectivity index (χ2n) is 4.71. The largest absolute Gasteiger partial charge is 0.280 e. The smallest absolute Gasteiger partial charge is 0.262 e. The van der Waals surface area contributed by atoms with E-state index in [2.05, 4.69) is 20.7 Å². The van der Waals surface area contributed by atoms with Crippen molar-refractivity contribution < 1.29 is 8.42 Å².